The fourth-order valence-electron chi connectivity index (χ4n) is 2.90. The Morgan fingerprint density at radius 2 is 2.12 bits per heavy atom. The van der Waals surface area contributed by atoms with Gasteiger partial charge in [0.1, 0.15) is 0 Å². The lowest BCUT2D eigenvalue weighted by Crippen LogP contribution is -2.31. The highest BCUT2D eigenvalue weighted by atomic mass is 32.2. The van der Waals surface area contributed by atoms with Crippen LogP contribution >= 0.6 is 11.8 Å². The third kappa shape index (κ3) is 3.20. The van der Waals surface area contributed by atoms with Crippen molar-refractivity contribution in [1.82, 2.24) is 15.3 Å². The van der Waals surface area contributed by atoms with Gasteiger partial charge in [0.2, 0.25) is 5.95 Å². The van der Waals surface area contributed by atoms with E-state index < -0.39 is 5.91 Å². The number of carbonyl (C=O) groups excluding carboxylic acids is 2. The Bertz CT molecular complexity index is 912. The van der Waals surface area contributed by atoms with Crippen LogP contribution in [-0.2, 0) is 17.8 Å². The molecule has 0 aliphatic carbocycles. The van der Waals surface area contributed by atoms with Gasteiger partial charge in [0.25, 0.3) is 11.1 Å². The molecule has 1 fully saturated rings. The van der Waals surface area contributed by atoms with Gasteiger partial charge in [0.05, 0.1) is 10.6 Å². The molecule has 1 aromatic carbocycles. The van der Waals surface area contributed by atoms with Gasteiger partial charge in [-0.3, -0.25) is 14.9 Å². The molecule has 1 aromatic heterocycles. The summed E-state index contributed by atoms with van der Waals surface area (Å²) in [5, 5.41) is 1.87. The average Bonchev–Trinajstić information content (AvgIpc) is 2.91. The van der Waals surface area contributed by atoms with Crippen LogP contribution in [0.3, 0.4) is 0 Å². The first-order valence-electron chi connectivity index (χ1n) is 7.78. The van der Waals surface area contributed by atoms with Crippen molar-refractivity contribution in [2.75, 3.05) is 17.2 Å². The van der Waals surface area contributed by atoms with Gasteiger partial charge in [-0.05, 0) is 53.6 Å². The maximum Gasteiger partial charge on any atom is 0.290 e. The van der Waals surface area contributed by atoms with E-state index in [2.05, 4.69) is 26.3 Å². The van der Waals surface area contributed by atoms with Crippen molar-refractivity contribution in [2.45, 2.75) is 13.0 Å². The summed E-state index contributed by atoms with van der Waals surface area (Å²) in [5.41, 5.74) is 9.69. The largest absolute Gasteiger partial charge is 0.399 e. The molecule has 4 rings (SSSR count). The maximum absolute atomic E-state index is 11.7. The molecular formula is C17H15N5O2S. The first-order valence-corrected chi connectivity index (χ1v) is 8.60. The van der Waals surface area contributed by atoms with Crippen molar-refractivity contribution >= 4 is 40.6 Å². The molecule has 8 heteroatoms. The first kappa shape index (κ1) is 15.6. The number of nitrogens with zero attached hydrogens (tertiary/aromatic N) is 3. The Kier molecular flexibility index (Phi) is 3.89. The van der Waals surface area contributed by atoms with Crippen molar-refractivity contribution in [3.8, 4) is 0 Å². The van der Waals surface area contributed by atoms with E-state index >= 15 is 0 Å². The standard InChI is InChI=1S/C17H15N5O2S/c18-12-2-1-10-4-6-22(9-11(10)7-12)16-19-5-3-13(20-16)8-14-15(23)21-17(24)25-14/h1-3,5,7-8H,4,6,9,18H2,(H,21,23,24)/b14-8-. The predicted octanol–water partition coefficient (Wildman–Crippen LogP) is 1.95. The Morgan fingerprint density at radius 3 is 2.92 bits per heavy atom. The smallest absolute Gasteiger partial charge is 0.290 e. The number of fused-ring (bicyclic) bond motifs is 1. The Morgan fingerprint density at radius 1 is 1.24 bits per heavy atom. The SMILES string of the molecule is Nc1ccc2c(c1)CN(c1nccc(/C=C3\SC(=O)NC3=O)n1)CC2. The van der Waals surface area contributed by atoms with Crippen LogP contribution in [0.5, 0.6) is 0 Å². The van der Waals surface area contributed by atoms with E-state index in [9.17, 15) is 9.59 Å². The number of nitrogen functional groups attached to an aromatic ring is 1. The summed E-state index contributed by atoms with van der Waals surface area (Å²) >= 11 is 0.876. The van der Waals surface area contributed by atoms with E-state index in [-0.39, 0.29) is 5.24 Å². The number of nitrogens with one attached hydrogen (secondary N) is 1. The molecule has 2 aliphatic rings. The third-order valence-electron chi connectivity index (χ3n) is 4.11. The van der Waals surface area contributed by atoms with E-state index in [4.69, 9.17) is 5.73 Å². The molecule has 2 aromatic rings. The minimum atomic E-state index is -0.391. The zero-order valence-electron chi connectivity index (χ0n) is 13.2. The zero-order chi connectivity index (χ0) is 17.4. The number of imide groups is 1. The molecule has 0 atom stereocenters. The number of anilines is 2. The molecule has 25 heavy (non-hydrogen) atoms. The summed E-state index contributed by atoms with van der Waals surface area (Å²) in [4.78, 5) is 34.2. The quantitative estimate of drug-likeness (QED) is 0.628. The molecule has 0 saturated carbocycles. The molecule has 0 bridgehead atoms. The third-order valence-corrected chi connectivity index (χ3v) is 4.92. The molecule has 0 spiro atoms. The average molecular weight is 353 g/mol. The number of benzene rings is 1. The van der Waals surface area contributed by atoms with Crippen LogP contribution in [0.25, 0.3) is 6.08 Å². The normalized spacial score (nSPS) is 18.4. The molecule has 1 saturated heterocycles. The summed E-state index contributed by atoms with van der Waals surface area (Å²) in [6.45, 7) is 1.50. The van der Waals surface area contributed by atoms with Crippen LogP contribution in [0.1, 0.15) is 16.8 Å². The van der Waals surface area contributed by atoms with Gasteiger partial charge in [0, 0.05) is 25.0 Å². The fraction of sp³-hybridized carbons (Fsp3) is 0.176. The molecule has 0 unspecified atom stereocenters. The molecular weight excluding hydrogens is 338 g/mol. The van der Waals surface area contributed by atoms with Crippen molar-refractivity contribution < 1.29 is 9.59 Å². The van der Waals surface area contributed by atoms with Gasteiger partial charge in [-0.1, -0.05) is 6.07 Å². The maximum atomic E-state index is 11.7. The fourth-order valence-corrected chi connectivity index (χ4v) is 3.56. The van der Waals surface area contributed by atoms with Gasteiger partial charge >= 0.3 is 0 Å². The second kappa shape index (κ2) is 6.21. The van der Waals surface area contributed by atoms with E-state index in [0.717, 1.165) is 30.4 Å². The summed E-state index contributed by atoms with van der Waals surface area (Å²) in [5.74, 6) is 0.203. The van der Waals surface area contributed by atoms with Crippen LogP contribution in [0.15, 0.2) is 35.4 Å². The van der Waals surface area contributed by atoms with Gasteiger partial charge < -0.3 is 10.6 Å². The molecule has 3 heterocycles. The second-order valence-corrected chi connectivity index (χ2v) is 6.85. The lowest BCUT2D eigenvalue weighted by molar-refractivity contribution is -0.115. The highest BCUT2D eigenvalue weighted by Crippen LogP contribution is 2.26. The second-order valence-electron chi connectivity index (χ2n) is 5.83. The zero-order valence-corrected chi connectivity index (χ0v) is 14.0. The Hall–Kier alpha value is -2.87. The summed E-state index contributed by atoms with van der Waals surface area (Å²) < 4.78 is 0. The number of rotatable bonds is 2. The molecule has 2 amide bonds. The van der Waals surface area contributed by atoms with Gasteiger partial charge in [-0.25, -0.2) is 9.97 Å². The number of hydrogen-bond acceptors (Lipinski definition) is 7. The molecule has 3 N–H and O–H groups in total. The van der Waals surface area contributed by atoms with Crippen molar-refractivity contribution in [1.29, 1.82) is 0 Å². The minimum absolute atomic E-state index is 0.339. The van der Waals surface area contributed by atoms with E-state index in [1.807, 2.05) is 12.1 Å². The number of aromatic nitrogens is 2. The van der Waals surface area contributed by atoms with Crippen molar-refractivity contribution in [3.05, 3.63) is 52.2 Å². The highest BCUT2D eigenvalue weighted by Gasteiger charge is 2.25. The lowest BCUT2D eigenvalue weighted by Gasteiger charge is -2.29. The minimum Gasteiger partial charge on any atom is -0.399 e. The molecule has 7 nitrogen and oxygen atoms in total. The number of nitrogens with two attached hydrogens (primary N) is 1. The summed E-state index contributed by atoms with van der Waals surface area (Å²) in [6, 6.07) is 7.68. The number of carbonyl (C=O) groups is 2. The Balaban J connectivity index is 1.59. The van der Waals surface area contributed by atoms with Gasteiger partial charge in [-0.2, -0.15) is 0 Å². The topological polar surface area (TPSA) is 101 Å². The first-order chi connectivity index (χ1) is 12.1. The van der Waals surface area contributed by atoms with Crippen LogP contribution in [0.4, 0.5) is 16.4 Å². The highest BCUT2D eigenvalue weighted by molar-refractivity contribution is 8.18. The number of amides is 2. The van der Waals surface area contributed by atoms with E-state index in [1.165, 1.54) is 11.1 Å². The number of hydrogen-bond donors (Lipinski definition) is 2. The molecule has 126 valence electrons. The van der Waals surface area contributed by atoms with Gasteiger partial charge in [0.15, 0.2) is 0 Å². The van der Waals surface area contributed by atoms with Crippen molar-refractivity contribution in [2.24, 2.45) is 0 Å². The van der Waals surface area contributed by atoms with Crippen LogP contribution < -0.4 is 16.0 Å². The Labute approximate surface area is 148 Å². The monoisotopic (exact) mass is 353 g/mol. The van der Waals surface area contributed by atoms with E-state index in [1.54, 1.807) is 18.3 Å². The summed E-state index contributed by atoms with van der Waals surface area (Å²) in [6.07, 6.45) is 4.16. The molecule has 0 radical (unpaired) electrons. The summed E-state index contributed by atoms with van der Waals surface area (Å²) in [7, 11) is 0. The van der Waals surface area contributed by atoms with E-state index in [0.29, 0.717) is 23.1 Å². The molecule has 2 aliphatic heterocycles. The predicted molar refractivity (Wildman–Crippen MR) is 96.7 cm³/mol. The van der Waals surface area contributed by atoms with Crippen LogP contribution in [-0.4, -0.2) is 27.7 Å². The van der Waals surface area contributed by atoms with Gasteiger partial charge in [-0.15, -0.1) is 0 Å². The number of thioether (sulfide) groups is 1. The van der Waals surface area contributed by atoms with Crippen LogP contribution in [0.2, 0.25) is 0 Å². The van der Waals surface area contributed by atoms with Crippen molar-refractivity contribution in [3.63, 3.8) is 0 Å². The lowest BCUT2D eigenvalue weighted by atomic mass is 9.99. The van der Waals surface area contributed by atoms with Crippen LogP contribution in [0, 0.1) is 0 Å².